The van der Waals surface area contributed by atoms with Crippen molar-refractivity contribution in [2.75, 3.05) is 26.1 Å². The third-order valence-corrected chi connectivity index (χ3v) is 5.30. The van der Waals surface area contributed by atoms with Gasteiger partial charge in [0.2, 0.25) is 0 Å². The standard InChI is InChI=1S/C16H31NO3S/c1-13(2)17-16(3,15(18)19-4)9-5-6-12-21-14-7-10-20-11-8-14/h13-14,17H,5-12H2,1-4H3. The van der Waals surface area contributed by atoms with Gasteiger partial charge in [0, 0.05) is 24.5 Å². The van der Waals surface area contributed by atoms with E-state index in [1.54, 1.807) is 0 Å². The highest BCUT2D eigenvalue weighted by molar-refractivity contribution is 7.99. The Bertz CT molecular complexity index is 306. The van der Waals surface area contributed by atoms with Crippen molar-refractivity contribution in [3.8, 4) is 0 Å². The maximum absolute atomic E-state index is 12.0. The van der Waals surface area contributed by atoms with E-state index in [1.165, 1.54) is 25.7 Å². The summed E-state index contributed by atoms with van der Waals surface area (Å²) in [4.78, 5) is 12.0. The molecule has 1 rings (SSSR count). The number of nitrogens with one attached hydrogen (secondary N) is 1. The van der Waals surface area contributed by atoms with Gasteiger partial charge >= 0.3 is 5.97 Å². The Morgan fingerprint density at radius 1 is 1.38 bits per heavy atom. The Balaban J connectivity index is 2.24. The summed E-state index contributed by atoms with van der Waals surface area (Å²) in [7, 11) is 1.46. The number of hydrogen-bond acceptors (Lipinski definition) is 5. The van der Waals surface area contributed by atoms with E-state index in [0.29, 0.717) is 0 Å². The van der Waals surface area contributed by atoms with Gasteiger partial charge < -0.3 is 9.47 Å². The maximum Gasteiger partial charge on any atom is 0.325 e. The van der Waals surface area contributed by atoms with E-state index in [0.717, 1.165) is 37.7 Å². The van der Waals surface area contributed by atoms with Gasteiger partial charge in [-0.15, -0.1) is 0 Å². The fourth-order valence-electron chi connectivity index (χ4n) is 2.77. The number of methoxy groups -OCH3 is 1. The van der Waals surface area contributed by atoms with Gasteiger partial charge in [-0.05, 0) is 52.2 Å². The Labute approximate surface area is 133 Å². The average molecular weight is 317 g/mol. The second kappa shape index (κ2) is 9.70. The number of thioether (sulfide) groups is 1. The van der Waals surface area contributed by atoms with Gasteiger partial charge in [-0.2, -0.15) is 11.8 Å². The molecule has 0 spiro atoms. The molecule has 0 aromatic rings. The highest BCUT2D eigenvalue weighted by atomic mass is 32.2. The molecule has 0 aromatic carbocycles. The van der Waals surface area contributed by atoms with Crippen LogP contribution in [0.1, 0.15) is 52.9 Å². The van der Waals surface area contributed by atoms with E-state index in [-0.39, 0.29) is 12.0 Å². The van der Waals surface area contributed by atoms with Crippen LogP contribution in [-0.2, 0) is 14.3 Å². The zero-order valence-electron chi connectivity index (χ0n) is 13.9. The van der Waals surface area contributed by atoms with Crippen molar-refractivity contribution in [2.45, 2.75) is 69.7 Å². The first kappa shape index (κ1) is 18.8. The molecule has 0 aliphatic carbocycles. The first-order valence-electron chi connectivity index (χ1n) is 8.03. The maximum atomic E-state index is 12.0. The first-order valence-corrected chi connectivity index (χ1v) is 9.08. The van der Waals surface area contributed by atoms with Crippen LogP contribution in [0.4, 0.5) is 0 Å². The van der Waals surface area contributed by atoms with Crippen molar-refractivity contribution in [1.82, 2.24) is 5.32 Å². The van der Waals surface area contributed by atoms with Gasteiger partial charge in [-0.3, -0.25) is 10.1 Å². The van der Waals surface area contributed by atoms with Gasteiger partial charge in [-0.1, -0.05) is 6.42 Å². The average Bonchev–Trinajstić information content (AvgIpc) is 2.46. The number of rotatable bonds is 9. The first-order chi connectivity index (χ1) is 9.98. The van der Waals surface area contributed by atoms with Gasteiger partial charge in [0.25, 0.3) is 0 Å². The Hall–Kier alpha value is -0.260. The highest BCUT2D eigenvalue weighted by Gasteiger charge is 2.33. The molecule has 0 bridgehead atoms. The van der Waals surface area contributed by atoms with Crippen LogP contribution < -0.4 is 5.32 Å². The van der Waals surface area contributed by atoms with Crippen molar-refractivity contribution in [1.29, 1.82) is 0 Å². The minimum Gasteiger partial charge on any atom is -0.468 e. The van der Waals surface area contributed by atoms with Crippen LogP contribution >= 0.6 is 11.8 Å². The van der Waals surface area contributed by atoms with Gasteiger partial charge in [0.05, 0.1) is 7.11 Å². The summed E-state index contributed by atoms with van der Waals surface area (Å²) in [5.41, 5.74) is -0.563. The molecule has 1 N–H and O–H groups in total. The lowest BCUT2D eigenvalue weighted by molar-refractivity contribution is -0.148. The zero-order chi connectivity index (χ0) is 15.7. The molecule has 21 heavy (non-hydrogen) atoms. The summed E-state index contributed by atoms with van der Waals surface area (Å²) in [5.74, 6) is 1.01. The molecule has 4 nitrogen and oxygen atoms in total. The fraction of sp³-hybridized carbons (Fsp3) is 0.938. The van der Waals surface area contributed by atoms with Crippen LogP contribution in [-0.4, -0.2) is 48.9 Å². The second-order valence-corrected chi connectivity index (χ2v) is 7.67. The van der Waals surface area contributed by atoms with Crippen molar-refractivity contribution in [3.05, 3.63) is 0 Å². The van der Waals surface area contributed by atoms with Crippen molar-refractivity contribution >= 4 is 17.7 Å². The van der Waals surface area contributed by atoms with Crippen molar-refractivity contribution in [3.63, 3.8) is 0 Å². The molecule has 0 saturated carbocycles. The third-order valence-electron chi connectivity index (χ3n) is 3.84. The summed E-state index contributed by atoms with van der Waals surface area (Å²) < 4.78 is 10.3. The molecule has 1 aliphatic rings. The second-order valence-electron chi connectivity index (χ2n) is 6.26. The molecule has 1 saturated heterocycles. The van der Waals surface area contributed by atoms with Gasteiger partial charge in [0.1, 0.15) is 5.54 Å². The predicted octanol–water partition coefficient (Wildman–Crippen LogP) is 3.00. The number of carbonyl (C=O) groups is 1. The molecule has 5 heteroatoms. The predicted molar refractivity (Wildman–Crippen MR) is 88.8 cm³/mol. The monoisotopic (exact) mass is 317 g/mol. The number of ether oxygens (including phenoxy) is 2. The fourth-order valence-corrected chi connectivity index (χ4v) is 4.00. The topological polar surface area (TPSA) is 47.6 Å². The summed E-state index contributed by atoms with van der Waals surface area (Å²) in [6.07, 6.45) is 5.38. The number of carbonyl (C=O) groups excluding carboxylic acids is 1. The van der Waals surface area contributed by atoms with Crippen molar-refractivity contribution < 1.29 is 14.3 Å². The van der Waals surface area contributed by atoms with E-state index >= 15 is 0 Å². The minimum absolute atomic E-state index is 0.159. The summed E-state index contributed by atoms with van der Waals surface area (Å²) in [5, 5.41) is 4.11. The van der Waals surface area contributed by atoms with Gasteiger partial charge in [-0.25, -0.2) is 0 Å². The SMILES string of the molecule is COC(=O)C(C)(CCCCSC1CCOCC1)NC(C)C. The largest absolute Gasteiger partial charge is 0.468 e. The molecule has 124 valence electrons. The lowest BCUT2D eigenvalue weighted by Gasteiger charge is -2.30. The summed E-state index contributed by atoms with van der Waals surface area (Å²) in [6.45, 7) is 7.89. The number of hydrogen-bond donors (Lipinski definition) is 1. The van der Waals surface area contributed by atoms with Crippen LogP contribution in [0.25, 0.3) is 0 Å². The molecule has 1 atom stereocenters. The zero-order valence-corrected chi connectivity index (χ0v) is 14.8. The van der Waals surface area contributed by atoms with E-state index in [2.05, 4.69) is 30.9 Å². The summed E-state index contributed by atoms with van der Waals surface area (Å²) >= 11 is 2.06. The smallest absolute Gasteiger partial charge is 0.325 e. The van der Waals surface area contributed by atoms with Crippen LogP contribution in [0.5, 0.6) is 0 Å². The summed E-state index contributed by atoms with van der Waals surface area (Å²) in [6, 6.07) is 0.269. The Morgan fingerprint density at radius 3 is 2.62 bits per heavy atom. The lowest BCUT2D eigenvalue weighted by Crippen LogP contribution is -2.52. The van der Waals surface area contributed by atoms with Crippen LogP contribution in [0, 0.1) is 0 Å². The molecule has 1 fully saturated rings. The normalized spacial score (nSPS) is 19.5. The van der Waals surface area contributed by atoms with Crippen LogP contribution in [0.15, 0.2) is 0 Å². The van der Waals surface area contributed by atoms with E-state index in [9.17, 15) is 4.79 Å². The molecule has 0 radical (unpaired) electrons. The van der Waals surface area contributed by atoms with E-state index in [1.807, 2.05) is 6.92 Å². The number of unbranched alkanes of at least 4 members (excludes halogenated alkanes) is 1. The molecule has 1 unspecified atom stereocenters. The lowest BCUT2D eigenvalue weighted by atomic mass is 9.94. The van der Waals surface area contributed by atoms with Crippen molar-refractivity contribution in [2.24, 2.45) is 0 Å². The third kappa shape index (κ3) is 7.02. The van der Waals surface area contributed by atoms with E-state index in [4.69, 9.17) is 9.47 Å². The van der Waals surface area contributed by atoms with E-state index < -0.39 is 5.54 Å². The number of esters is 1. The molecule has 1 heterocycles. The quantitative estimate of drug-likeness (QED) is 0.523. The van der Waals surface area contributed by atoms with Gasteiger partial charge in [0.15, 0.2) is 0 Å². The molecular weight excluding hydrogens is 286 g/mol. The Morgan fingerprint density at radius 2 is 2.05 bits per heavy atom. The Kier molecular flexibility index (Phi) is 8.67. The molecule has 0 aromatic heterocycles. The molecule has 0 amide bonds. The van der Waals surface area contributed by atoms with Crippen LogP contribution in [0.2, 0.25) is 0 Å². The highest BCUT2D eigenvalue weighted by Crippen LogP contribution is 2.24. The molecule has 1 aliphatic heterocycles. The minimum atomic E-state index is -0.563. The molecular formula is C16H31NO3S. The van der Waals surface area contributed by atoms with Crippen LogP contribution in [0.3, 0.4) is 0 Å².